The van der Waals surface area contributed by atoms with E-state index in [1.807, 2.05) is 24.3 Å². The summed E-state index contributed by atoms with van der Waals surface area (Å²) in [5.41, 5.74) is 7.71. The molecule has 4 heteroatoms. The van der Waals surface area contributed by atoms with Crippen LogP contribution >= 0.6 is 0 Å². The van der Waals surface area contributed by atoms with Gasteiger partial charge in [-0.05, 0) is 39.7 Å². The van der Waals surface area contributed by atoms with Crippen LogP contribution in [0.1, 0.15) is 0 Å². The lowest BCUT2D eigenvalue weighted by Gasteiger charge is -2.12. The van der Waals surface area contributed by atoms with Gasteiger partial charge in [-0.25, -0.2) is 19.9 Å². The first-order chi connectivity index (χ1) is 22.8. The molecule has 0 fully saturated rings. The molecule has 214 valence electrons. The van der Waals surface area contributed by atoms with Crippen molar-refractivity contribution in [3.05, 3.63) is 158 Å². The van der Waals surface area contributed by atoms with E-state index in [2.05, 4.69) is 133 Å². The molecule has 2 aromatic heterocycles. The van der Waals surface area contributed by atoms with Crippen molar-refractivity contribution in [2.24, 2.45) is 0 Å². The number of hydrogen-bond acceptors (Lipinski definition) is 4. The predicted octanol–water partition coefficient (Wildman–Crippen LogP) is 10.5. The minimum Gasteiger partial charge on any atom is -0.228 e. The van der Waals surface area contributed by atoms with Crippen molar-refractivity contribution in [3.63, 3.8) is 0 Å². The Hall–Kier alpha value is -6.26. The Morgan fingerprint density at radius 1 is 0.304 bits per heavy atom. The fraction of sp³-hybridized carbons (Fsp3) is 0. The molecule has 0 aliphatic heterocycles. The van der Waals surface area contributed by atoms with Crippen LogP contribution in [0.2, 0.25) is 0 Å². The molecule has 0 amide bonds. The van der Waals surface area contributed by atoms with E-state index >= 15 is 0 Å². The molecule has 0 saturated carbocycles. The van der Waals surface area contributed by atoms with Crippen LogP contribution in [0.15, 0.2) is 158 Å². The molecule has 0 N–H and O–H groups in total. The molecule has 4 nitrogen and oxygen atoms in total. The van der Waals surface area contributed by atoms with E-state index in [9.17, 15) is 0 Å². The average Bonchev–Trinajstić information content (AvgIpc) is 3.13. The zero-order valence-electron chi connectivity index (χ0n) is 24.8. The van der Waals surface area contributed by atoms with Gasteiger partial charge in [0.1, 0.15) is 0 Å². The highest BCUT2D eigenvalue weighted by molar-refractivity contribution is 5.99. The summed E-state index contributed by atoms with van der Waals surface area (Å²) in [6, 6.07) is 54.5. The summed E-state index contributed by atoms with van der Waals surface area (Å²) in [6.07, 6.45) is 0. The van der Waals surface area contributed by atoms with E-state index in [4.69, 9.17) is 19.9 Å². The third-order valence-corrected chi connectivity index (χ3v) is 8.68. The Balaban J connectivity index is 1.17. The van der Waals surface area contributed by atoms with E-state index in [0.717, 1.165) is 60.8 Å². The number of aromatic nitrogens is 4. The highest BCUT2D eigenvalue weighted by Gasteiger charge is 2.15. The van der Waals surface area contributed by atoms with E-state index < -0.39 is 0 Å². The molecular formula is C42H26N4. The standard InChI is InChI=1S/C42H26N4/c1-2-12-31-26-32(25-20-27(31)10-1)40-36-16-6-7-18-37(36)43-41(45-40)30-23-21-29(22-24-30)39-35-15-5-8-19-38(35)44-42(46-39)34-17-9-13-28-11-3-4-14-33(28)34/h1-26H. The zero-order valence-corrected chi connectivity index (χ0v) is 24.8. The monoisotopic (exact) mass is 586 g/mol. The lowest BCUT2D eigenvalue weighted by Crippen LogP contribution is -1.97. The Kier molecular flexibility index (Phi) is 6.10. The molecule has 46 heavy (non-hydrogen) atoms. The molecule has 9 aromatic rings. The van der Waals surface area contributed by atoms with Gasteiger partial charge in [-0.3, -0.25) is 0 Å². The van der Waals surface area contributed by atoms with Crippen LogP contribution in [0, 0.1) is 0 Å². The van der Waals surface area contributed by atoms with Crippen LogP contribution in [-0.2, 0) is 0 Å². The van der Waals surface area contributed by atoms with Gasteiger partial charge in [0.2, 0.25) is 0 Å². The molecule has 0 aliphatic carbocycles. The Labute approximate surface area is 265 Å². The third-order valence-electron chi connectivity index (χ3n) is 8.68. The van der Waals surface area contributed by atoms with Gasteiger partial charge < -0.3 is 0 Å². The summed E-state index contributed by atoms with van der Waals surface area (Å²) >= 11 is 0. The van der Waals surface area contributed by atoms with Crippen molar-refractivity contribution in [3.8, 4) is 45.3 Å². The number of hydrogen-bond donors (Lipinski definition) is 0. The van der Waals surface area contributed by atoms with Gasteiger partial charge in [0, 0.05) is 33.0 Å². The summed E-state index contributed by atoms with van der Waals surface area (Å²) in [7, 11) is 0. The van der Waals surface area contributed by atoms with Crippen LogP contribution in [0.3, 0.4) is 0 Å². The largest absolute Gasteiger partial charge is 0.228 e. The zero-order chi connectivity index (χ0) is 30.5. The minimum absolute atomic E-state index is 0.692. The molecule has 0 saturated heterocycles. The lowest BCUT2D eigenvalue weighted by molar-refractivity contribution is 1.22. The fourth-order valence-electron chi connectivity index (χ4n) is 6.38. The second kappa shape index (κ2) is 10.7. The summed E-state index contributed by atoms with van der Waals surface area (Å²) in [6.45, 7) is 0. The van der Waals surface area contributed by atoms with Gasteiger partial charge in [0.15, 0.2) is 11.6 Å². The first-order valence-electron chi connectivity index (χ1n) is 15.4. The molecular weight excluding hydrogens is 560 g/mol. The molecule has 9 rings (SSSR count). The van der Waals surface area contributed by atoms with Crippen LogP contribution in [0.5, 0.6) is 0 Å². The molecule has 0 unspecified atom stereocenters. The molecule has 0 aliphatic rings. The van der Waals surface area contributed by atoms with Gasteiger partial charge in [-0.2, -0.15) is 0 Å². The summed E-state index contributed by atoms with van der Waals surface area (Å²) < 4.78 is 0. The Morgan fingerprint density at radius 2 is 0.826 bits per heavy atom. The van der Waals surface area contributed by atoms with Crippen LogP contribution in [-0.4, -0.2) is 19.9 Å². The topological polar surface area (TPSA) is 51.6 Å². The van der Waals surface area contributed by atoms with Gasteiger partial charge in [0.25, 0.3) is 0 Å². The molecule has 0 radical (unpaired) electrons. The summed E-state index contributed by atoms with van der Waals surface area (Å²) in [4.78, 5) is 20.3. The molecule has 0 spiro atoms. The van der Waals surface area contributed by atoms with Gasteiger partial charge in [-0.1, -0.05) is 140 Å². The summed E-state index contributed by atoms with van der Waals surface area (Å²) in [5.74, 6) is 1.41. The van der Waals surface area contributed by atoms with Crippen molar-refractivity contribution in [1.29, 1.82) is 0 Å². The van der Waals surface area contributed by atoms with E-state index in [1.54, 1.807) is 0 Å². The fourth-order valence-corrected chi connectivity index (χ4v) is 6.38. The highest BCUT2D eigenvalue weighted by Crippen LogP contribution is 2.34. The van der Waals surface area contributed by atoms with E-state index in [0.29, 0.717) is 11.6 Å². The van der Waals surface area contributed by atoms with Crippen LogP contribution < -0.4 is 0 Å². The normalized spacial score (nSPS) is 11.5. The highest BCUT2D eigenvalue weighted by atomic mass is 14.9. The predicted molar refractivity (Wildman–Crippen MR) is 189 cm³/mol. The molecule has 0 bridgehead atoms. The average molecular weight is 587 g/mol. The minimum atomic E-state index is 0.692. The number of para-hydroxylation sites is 2. The summed E-state index contributed by atoms with van der Waals surface area (Å²) in [5, 5.41) is 6.75. The van der Waals surface area contributed by atoms with E-state index in [1.165, 1.54) is 16.2 Å². The molecule has 0 atom stereocenters. The molecule has 7 aromatic carbocycles. The second-order valence-electron chi connectivity index (χ2n) is 11.5. The Bertz CT molecular complexity index is 2580. The quantitative estimate of drug-likeness (QED) is 0.206. The van der Waals surface area contributed by atoms with Gasteiger partial charge in [0.05, 0.1) is 22.4 Å². The van der Waals surface area contributed by atoms with E-state index in [-0.39, 0.29) is 0 Å². The third kappa shape index (κ3) is 4.47. The van der Waals surface area contributed by atoms with Crippen molar-refractivity contribution in [2.45, 2.75) is 0 Å². The Morgan fingerprint density at radius 3 is 1.59 bits per heavy atom. The van der Waals surface area contributed by atoms with Crippen molar-refractivity contribution in [1.82, 2.24) is 19.9 Å². The van der Waals surface area contributed by atoms with Crippen molar-refractivity contribution < 1.29 is 0 Å². The van der Waals surface area contributed by atoms with Crippen LogP contribution in [0.4, 0.5) is 0 Å². The smallest absolute Gasteiger partial charge is 0.161 e. The SMILES string of the molecule is c1ccc2cc(-c3nc(-c4ccc(-c5nc(-c6cccc7ccccc67)nc6ccccc56)cc4)nc4ccccc34)ccc2c1. The van der Waals surface area contributed by atoms with Crippen LogP contribution in [0.25, 0.3) is 88.6 Å². The maximum Gasteiger partial charge on any atom is 0.161 e. The lowest BCUT2D eigenvalue weighted by atomic mass is 10.0. The number of rotatable bonds is 4. The van der Waals surface area contributed by atoms with Crippen molar-refractivity contribution >= 4 is 43.4 Å². The second-order valence-corrected chi connectivity index (χ2v) is 11.5. The van der Waals surface area contributed by atoms with Gasteiger partial charge in [-0.15, -0.1) is 0 Å². The molecule has 2 heterocycles. The van der Waals surface area contributed by atoms with Gasteiger partial charge >= 0.3 is 0 Å². The maximum atomic E-state index is 5.17. The number of nitrogens with zero attached hydrogens (tertiary/aromatic N) is 4. The maximum absolute atomic E-state index is 5.17. The first kappa shape index (κ1) is 26.2. The van der Waals surface area contributed by atoms with Crippen molar-refractivity contribution in [2.75, 3.05) is 0 Å². The number of benzene rings is 7. The first-order valence-corrected chi connectivity index (χ1v) is 15.4. The number of fused-ring (bicyclic) bond motifs is 4.